The van der Waals surface area contributed by atoms with E-state index in [1.54, 1.807) is 0 Å². The van der Waals surface area contributed by atoms with Gasteiger partial charge in [0.2, 0.25) is 5.88 Å². The van der Waals surface area contributed by atoms with Crippen LogP contribution in [0.25, 0.3) is 0 Å². The zero-order chi connectivity index (χ0) is 13.8. The second-order valence-corrected chi connectivity index (χ2v) is 5.80. The highest BCUT2D eigenvalue weighted by atomic mass is 16.5. The van der Waals surface area contributed by atoms with E-state index in [1.807, 2.05) is 13.0 Å². The fourth-order valence-corrected chi connectivity index (χ4v) is 2.63. The van der Waals surface area contributed by atoms with Gasteiger partial charge in [-0.15, -0.1) is 0 Å². The summed E-state index contributed by atoms with van der Waals surface area (Å²) in [6.45, 7) is 6.89. The first-order chi connectivity index (χ1) is 9.10. The molecule has 19 heavy (non-hydrogen) atoms. The molecular formula is C15H25N3O. The standard InChI is InChI=1S/C15H25N3O/c1-10(2)15-17-11(3)8-14(18-15)19-13-7-5-4-6-12(13)9-16/h8,10,12-13H,4-7,9,16H2,1-3H3. The van der Waals surface area contributed by atoms with Crippen molar-refractivity contribution < 1.29 is 4.74 Å². The summed E-state index contributed by atoms with van der Waals surface area (Å²) in [6, 6.07) is 1.92. The third-order valence-corrected chi connectivity index (χ3v) is 3.78. The minimum Gasteiger partial charge on any atom is -0.474 e. The van der Waals surface area contributed by atoms with Gasteiger partial charge in [-0.05, 0) is 32.7 Å². The van der Waals surface area contributed by atoms with Crippen LogP contribution in [-0.2, 0) is 0 Å². The van der Waals surface area contributed by atoms with Crippen LogP contribution in [0.15, 0.2) is 6.07 Å². The molecule has 2 atom stereocenters. The van der Waals surface area contributed by atoms with Crippen LogP contribution in [0, 0.1) is 12.8 Å². The minimum absolute atomic E-state index is 0.216. The number of nitrogens with two attached hydrogens (primary N) is 1. The maximum Gasteiger partial charge on any atom is 0.217 e. The van der Waals surface area contributed by atoms with Gasteiger partial charge in [-0.3, -0.25) is 0 Å². The Hall–Kier alpha value is -1.16. The molecule has 4 heteroatoms. The lowest BCUT2D eigenvalue weighted by molar-refractivity contribution is 0.0917. The SMILES string of the molecule is Cc1cc(OC2CCCCC2CN)nc(C(C)C)n1. The molecule has 2 N–H and O–H groups in total. The molecule has 0 bridgehead atoms. The summed E-state index contributed by atoms with van der Waals surface area (Å²) in [4.78, 5) is 8.97. The Balaban J connectivity index is 2.13. The summed E-state index contributed by atoms with van der Waals surface area (Å²) in [5.41, 5.74) is 6.81. The van der Waals surface area contributed by atoms with Crippen LogP contribution >= 0.6 is 0 Å². The second kappa shape index (κ2) is 6.33. The fraction of sp³-hybridized carbons (Fsp3) is 0.733. The van der Waals surface area contributed by atoms with E-state index in [0.717, 1.165) is 17.9 Å². The highest BCUT2D eigenvalue weighted by molar-refractivity contribution is 5.17. The number of aromatic nitrogens is 2. The van der Waals surface area contributed by atoms with Crippen LogP contribution in [0.2, 0.25) is 0 Å². The predicted molar refractivity (Wildman–Crippen MR) is 76.3 cm³/mol. The van der Waals surface area contributed by atoms with Crippen molar-refractivity contribution in [3.05, 3.63) is 17.6 Å². The van der Waals surface area contributed by atoms with E-state index < -0.39 is 0 Å². The molecule has 0 spiro atoms. The van der Waals surface area contributed by atoms with Crippen molar-refractivity contribution in [3.8, 4) is 5.88 Å². The van der Waals surface area contributed by atoms with Gasteiger partial charge in [-0.1, -0.05) is 20.3 Å². The van der Waals surface area contributed by atoms with E-state index in [-0.39, 0.29) is 6.10 Å². The van der Waals surface area contributed by atoms with Gasteiger partial charge in [-0.2, -0.15) is 4.98 Å². The lowest BCUT2D eigenvalue weighted by Gasteiger charge is -2.30. The number of rotatable bonds is 4. The lowest BCUT2D eigenvalue weighted by atomic mass is 9.86. The summed E-state index contributed by atoms with van der Waals surface area (Å²) in [6.07, 6.45) is 4.96. The number of hydrogen-bond donors (Lipinski definition) is 1. The Labute approximate surface area is 115 Å². The number of aryl methyl sites for hydroxylation is 1. The van der Waals surface area contributed by atoms with Crippen LogP contribution in [0.5, 0.6) is 5.88 Å². The monoisotopic (exact) mass is 263 g/mol. The molecule has 1 aromatic heterocycles. The van der Waals surface area contributed by atoms with E-state index in [0.29, 0.717) is 24.3 Å². The Kier molecular flexibility index (Phi) is 4.75. The topological polar surface area (TPSA) is 61.0 Å². The molecule has 2 unspecified atom stereocenters. The van der Waals surface area contributed by atoms with E-state index >= 15 is 0 Å². The van der Waals surface area contributed by atoms with Gasteiger partial charge >= 0.3 is 0 Å². The molecule has 1 heterocycles. The minimum atomic E-state index is 0.216. The Morgan fingerprint density at radius 1 is 1.32 bits per heavy atom. The summed E-state index contributed by atoms with van der Waals surface area (Å²) in [5.74, 6) is 2.35. The smallest absolute Gasteiger partial charge is 0.217 e. The summed E-state index contributed by atoms with van der Waals surface area (Å²) in [7, 11) is 0. The van der Waals surface area contributed by atoms with E-state index in [2.05, 4.69) is 23.8 Å². The molecule has 0 radical (unpaired) electrons. The van der Waals surface area contributed by atoms with E-state index in [9.17, 15) is 0 Å². The van der Waals surface area contributed by atoms with Crippen molar-refractivity contribution in [2.24, 2.45) is 11.7 Å². The van der Waals surface area contributed by atoms with E-state index in [1.165, 1.54) is 19.3 Å². The average Bonchev–Trinajstić information content (AvgIpc) is 2.38. The van der Waals surface area contributed by atoms with Crippen LogP contribution in [0.4, 0.5) is 0 Å². The summed E-state index contributed by atoms with van der Waals surface area (Å²) < 4.78 is 6.10. The molecule has 1 aliphatic carbocycles. The Bertz CT molecular complexity index is 420. The molecule has 1 fully saturated rings. The highest BCUT2D eigenvalue weighted by Gasteiger charge is 2.26. The highest BCUT2D eigenvalue weighted by Crippen LogP contribution is 2.27. The number of ether oxygens (including phenoxy) is 1. The first-order valence-electron chi connectivity index (χ1n) is 7.32. The molecule has 106 valence electrons. The fourth-order valence-electron chi connectivity index (χ4n) is 2.63. The Morgan fingerprint density at radius 2 is 2.05 bits per heavy atom. The van der Waals surface area contributed by atoms with Crippen LogP contribution < -0.4 is 10.5 Å². The summed E-state index contributed by atoms with van der Waals surface area (Å²) >= 11 is 0. The average molecular weight is 263 g/mol. The third-order valence-electron chi connectivity index (χ3n) is 3.78. The van der Waals surface area contributed by atoms with Crippen molar-refractivity contribution in [2.75, 3.05) is 6.54 Å². The number of hydrogen-bond acceptors (Lipinski definition) is 4. The maximum absolute atomic E-state index is 6.10. The molecule has 1 saturated carbocycles. The van der Waals surface area contributed by atoms with Gasteiger partial charge in [0, 0.05) is 23.6 Å². The maximum atomic E-state index is 6.10. The summed E-state index contributed by atoms with van der Waals surface area (Å²) in [5, 5.41) is 0. The molecule has 0 aliphatic heterocycles. The van der Waals surface area contributed by atoms with Gasteiger partial charge in [-0.25, -0.2) is 4.98 Å². The van der Waals surface area contributed by atoms with Crippen LogP contribution in [0.1, 0.15) is 57.0 Å². The largest absolute Gasteiger partial charge is 0.474 e. The van der Waals surface area contributed by atoms with Crippen LogP contribution in [-0.4, -0.2) is 22.6 Å². The van der Waals surface area contributed by atoms with Crippen molar-refractivity contribution in [1.29, 1.82) is 0 Å². The van der Waals surface area contributed by atoms with Gasteiger partial charge in [0.05, 0.1) is 0 Å². The van der Waals surface area contributed by atoms with Crippen molar-refractivity contribution >= 4 is 0 Å². The number of nitrogens with zero attached hydrogens (tertiary/aromatic N) is 2. The van der Waals surface area contributed by atoms with Crippen molar-refractivity contribution in [3.63, 3.8) is 0 Å². The van der Waals surface area contributed by atoms with Crippen molar-refractivity contribution in [2.45, 2.75) is 58.5 Å². The first kappa shape index (κ1) is 14.3. The third kappa shape index (κ3) is 3.66. The predicted octanol–water partition coefficient (Wildman–Crippen LogP) is 2.80. The second-order valence-electron chi connectivity index (χ2n) is 5.80. The molecule has 1 aromatic rings. The lowest BCUT2D eigenvalue weighted by Crippen LogP contribution is -2.35. The molecule has 0 saturated heterocycles. The zero-order valence-electron chi connectivity index (χ0n) is 12.2. The zero-order valence-corrected chi connectivity index (χ0v) is 12.2. The molecular weight excluding hydrogens is 238 g/mol. The quantitative estimate of drug-likeness (QED) is 0.907. The normalized spacial score (nSPS) is 23.6. The van der Waals surface area contributed by atoms with E-state index in [4.69, 9.17) is 10.5 Å². The van der Waals surface area contributed by atoms with Gasteiger partial charge in [0.1, 0.15) is 11.9 Å². The molecule has 1 aliphatic rings. The van der Waals surface area contributed by atoms with Gasteiger partial charge in [0.15, 0.2) is 0 Å². The van der Waals surface area contributed by atoms with Crippen LogP contribution in [0.3, 0.4) is 0 Å². The molecule has 0 aromatic carbocycles. The van der Waals surface area contributed by atoms with Crippen molar-refractivity contribution in [1.82, 2.24) is 9.97 Å². The first-order valence-corrected chi connectivity index (χ1v) is 7.32. The van der Waals surface area contributed by atoms with Gasteiger partial charge in [0.25, 0.3) is 0 Å². The Morgan fingerprint density at radius 3 is 2.74 bits per heavy atom. The molecule has 4 nitrogen and oxygen atoms in total. The molecule has 0 amide bonds. The van der Waals surface area contributed by atoms with Gasteiger partial charge < -0.3 is 10.5 Å². The molecule has 2 rings (SSSR count).